The highest BCUT2D eigenvalue weighted by Crippen LogP contribution is 2.32. The zero-order valence-electron chi connectivity index (χ0n) is 12.1. The Kier molecular flexibility index (Phi) is 5.84. The van der Waals surface area contributed by atoms with Crippen LogP contribution in [0.25, 0.3) is 0 Å². The Morgan fingerprint density at radius 2 is 1.61 bits per heavy atom. The highest BCUT2D eigenvalue weighted by Gasteiger charge is 2.31. The second-order valence-corrected chi connectivity index (χ2v) is 8.15. The summed E-state index contributed by atoms with van der Waals surface area (Å²) < 4.78 is 0. The van der Waals surface area contributed by atoms with E-state index in [1.54, 1.807) is 0 Å². The predicted octanol–water partition coefficient (Wildman–Crippen LogP) is 3.11. The maximum Gasteiger partial charge on any atom is 0.0247 e. The van der Waals surface area contributed by atoms with Crippen LogP contribution in [0.3, 0.4) is 0 Å². The van der Waals surface area contributed by atoms with Crippen LogP contribution in [0.5, 0.6) is 0 Å². The van der Waals surface area contributed by atoms with Gasteiger partial charge in [0.2, 0.25) is 0 Å². The van der Waals surface area contributed by atoms with E-state index in [9.17, 15) is 0 Å². The van der Waals surface area contributed by atoms with Crippen molar-refractivity contribution < 1.29 is 0 Å². The maximum absolute atomic E-state index is 6.13. The van der Waals surface area contributed by atoms with E-state index in [2.05, 4.69) is 30.5 Å². The second kappa shape index (κ2) is 7.16. The minimum absolute atomic E-state index is 0.647. The molecule has 1 aliphatic heterocycles. The number of hydrogen-bond acceptors (Lipinski definition) is 3. The van der Waals surface area contributed by atoms with Crippen LogP contribution in [-0.2, 0) is 0 Å². The third-order valence-electron chi connectivity index (χ3n) is 4.60. The van der Waals surface area contributed by atoms with Gasteiger partial charge in [-0.3, -0.25) is 4.90 Å². The Morgan fingerprint density at radius 1 is 1.06 bits per heavy atom. The third-order valence-corrected chi connectivity index (χ3v) is 5.83. The van der Waals surface area contributed by atoms with Crippen molar-refractivity contribution in [3.63, 3.8) is 0 Å². The van der Waals surface area contributed by atoms with Gasteiger partial charge in [0.15, 0.2) is 0 Å². The van der Waals surface area contributed by atoms with Gasteiger partial charge in [-0.15, -0.1) is 0 Å². The average Bonchev–Trinajstić information content (AvgIpc) is 2.58. The van der Waals surface area contributed by atoms with Gasteiger partial charge in [0.1, 0.15) is 0 Å². The largest absolute Gasteiger partial charge is 0.329 e. The van der Waals surface area contributed by atoms with Crippen molar-refractivity contribution in [2.24, 2.45) is 11.7 Å². The number of hydrogen-bond donors (Lipinski definition) is 1. The Bertz CT molecular complexity index is 229. The lowest BCUT2D eigenvalue weighted by Crippen LogP contribution is -2.52. The van der Waals surface area contributed by atoms with Crippen LogP contribution in [0.1, 0.15) is 52.4 Å². The molecule has 2 fully saturated rings. The molecule has 1 aliphatic carbocycles. The SMILES string of the molecule is CC1CN(C(CN)C2CCCCCC2)CC(C)S1. The zero-order chi connectivity index (χ0) is 13.0. The van der Waals surface area contributed by atoms with Crippen molar-refractivity contribution in [2.75, 3.05) is 19.6 Å². The average molecular weight is 270 g/mol. The van der Waals surface area contributed by atoms with Crippen LogP contribution in [0.15, 0.2) is 0 Å². The molecular formula is C15H30N2S. The molecule has 1 saturated carbocycles. The quantitative estimate of drug-likeness (QED) is 0.799. The minimum atomic E-state index is 0.647. The summed E-state index contributed by atoms with van der Waals surface area (Å²) in [7, 11) is 0. The van der Waals surface area contributed by atoms with Crippen LogP contribution >= 0.6 is 11.8 Å². The van der Waals surface area contributed by atoms with Crippen molar-refractivity contribution >= 4 is 11.8 Å². The van der Waals surface area contributed by atoms with Crippen LogP contribution in [-0.4, -0.2) is 41.1 Å². The fourth-order valence-electron chi connectivity index (χ4n) is 3.82. The first-order valence-corrected chi connectivity index (χ1v) is 8.74. The van der Waals surface area contributed by atoms with Crippen molar-refractivity contribution in [2.45, 2.75) is 68.9 Å². The first kappa shape index (κ1) is 14.7. The molecule has 0 aromatic rings. The van der Waals surface area contributed by atoms with E-state index in [0.717, 1.165) is 23.0 Å². The summed E-state index contributed by atoms with van der Waals surface area (Å²) in [6.07, 6.45) is 8.55. The molecule has 106 valence electrons. The van der Waals surface area contributed by atoms with E-state index >= 15 is 0 Å². The second-order valence-electron chi connectivity index (χ2n) is 6.27. The fraction of sp³-hybridized carbons (Fsp3) is 1.00. The molecule has 0 aromatic carbocycles. The van der Waals surface area contributed by atoms with Gasteiger partial charge < -0.3 is 5.73 Å². The molecule has 0 radical (unpaired) electrons. The fourth-order valence-corrected chi connectivity index (χ4v) is 5.17. The molecule has 18 heavy (non-hydrogen) atoms. The van der Waals surface area contributed by atoms with Gasteiger partial charge in [0.25, 0.3) is 0 Å². The molecule has 2 rings (SSSR count). The van der Waals surface area contributed by atoms with E-state index in [-0.39, 0.29) is 0 Å². The van der Waals surface area contributed by atoms with Gasteiger partial charge in [-0.2, -0.15) is 11.8 Å². The first-order valence-electron chi connectivity index (χ1n) is 7.80. The molecule has 2 aliphatic rings. The number of nitrogens with zero attached hydrogens (tertiary/aromatic N) is 1. The smallest absolute Gasteiger partial charge is 0.0247 e. The predicted molar refractivity (Wildman–Crippen MR) is 82.1 cm³/mol. The summed E-state index contributed by atoms with van der Waals surface area (Å²) in [5, 5.41) is 1.54. The molecular weight excluding hydrogens is 240 g/mol. The standard InChI is InChI=1S/C15H30N2S/c1-12-10-17(11-13(2)18-12)15(9-16)14-7-5-3-4-6-8-14/h12-15H,3-11,16H2,1-2H3. The Hall–Kier alpha value is 0.270. The van der Waals surface area contributed by atoms with E-state index in [1.807, 2.05) is 0 Å². The van der Waals surface area contributed by atoms with Crippen molar-refractivity contribution in [1.82, 2.24) is 4.90 Å². The van der Waals surface area contributed by atoms with E-state index < -0.39 is 0 Å². The zero-order valence-corrected chi connectivity index (χ0v) is 12.9. The molecule has 3 atom stereocenters. The molecule has 2 nitrogen and oxygen atoms in total. The molecule has 0 amide bonds. The molecule has 0 spiro atoms. The molecule has 0 bridgehead atoms. The summed E-state index contributed by atoms with van der Waals surface area (Å²) >= 11 is 2.14. The molecule has 3 unspecified atom stereocenters. The molecule has 1 heterocycles. The topological polar surface area (TPSA) is 29.3 Å². The van der Waals surface area contributed by atoms with Gasteiger partial charge in [0, 0.05) is 36.2 Å². The Morgan fingerprint density at radius 3 is 2.11 bits per heavy atom. The van der Waals surface area contributed by atoms with Gasteiger partial charge in [-0.1, -0.05) is 39.5 Å². The monoisotopic (exact) mass is 270 g/mol. The lowest BCUT2D eigenvalue weighted by atomic mass is 9.90. The summed E-state index contributed by atoms with van der Waals surface area (Å²) in [5.74, 6) is 0.861. The Balaban J connectivity index is 1.97. The van der Waals surface area contributed by atoms with E-state index in [4.69, 9.17) is 5.73 Å². The normalized spacial score (nSPS) is 34.2. The van der Waals surface area contributed by atoms with Crippen LogP contribution in [0.2, 0.25) is 0 Å². The van der Waals surface area contributed by atoms with Crippen molar-refractivity contribution in [3.8, 4) is 0 Å². The van der Waals surface area contributed by atoms with Crippen molar-refractivity contribution in [3.05, 3.63) is 0 Å². The molecule has 0 aromatic heterocycles. The molecule has 2 N–H and O–H groups in total. The number of rotatable bonds is 3. The van der Waals surface area contributed by atoms with Crippen LogP contribution < -0.4 is 5.73 Å². The van der Waals surface area contributed by atoms with Crippen LogP contribution in [0, 0.1) is 5.92 Å². The van der Waals surface area contributed by atoms with Crippen LogP contribution in [0.4, 0.5) is 0 Å². The van der Waals surface area contributed by atoms with Gasteiger partial charge in [-0.25, -0.2) is 0 Å². The van der Waals surface area contributed by atoms with Gasteiger partial charge in [-0.05, 0) is 18.8 Å². The highest BCUT2D eigenvalue weighted by molar-refractivity contribution is 8.00. The van der Waals surface area contributed by atoms with Gasteiger partial charge >= 0.3 is 0 Å². The van der Waals surface area contributed by atoms with E-state index in [1.165, 1.54) is 51.6 Å². The lowest BCUT2D eigenvalue weighted by molar-refractivity contribution is 0.134. The van der Waals surface area contributed by atoms with Gasteiger partial charge in [0.05, 0.1) is 0 Å². The molecule has 3 heteroatoms. The number of nitrogens with two attached hydrogens (primary N) is 1. The van der Waals surface area contributed by atoms with E-state index in [0.29, 0.717) is 6.04 Å². The minimum Gasteiger partial charge on any atom is -0.329 e. The summed E-state index contributed by atoms with van der Waals surface area (Å²) in [4.78, 5) is 2.71. The maximum atomic E-state index is 6.13. The highest BCUT2D eigenvalue weighted by atomic mass is 32.2. The Labute approximate surface area is 117 Å². The third kappa shape index (κ3) is 3.88. The number of thioether (sulfide) groups is 1. The summed E-state index contributed by atoms with van der Waals surface area (Å²) in [5.41, 5.74) is 6.13. The summed E-state index contributed by atoms with van der Waals surface area (Å²) in [6.45, 7) is 8.08. The summed E-state index contributed by atoms with van der Waals surface area (Å²) in [6, 6.07) is 0.647. The lowest BCUT2D eigenvalue weighted by Gasteiger charge is -2.42. The molecule has 1 saturated heterocycles. The first-order chi connectivity index (χ1) is 8.70. The van der Waals surface area contributed by atoms with Crippen molar-refractivity contribution in [1.29, 1.82) is 0 Å².